The van der Waals surface area contributed by atoms with E-state index < -0.39 is 5.41 Å². The van der Waals surface area contributed by atoms with Gasteiger partial charge in [-0.2, -0.15) is 0 Å². The van der Waals surface area contributed by atoms with Gasteiger partial charge in [-0.05, 0) is 116 Å². The van der Waals surface area contributed by atoms with Crippen LogP contribution in [0.2, 0.25) is 0 Å². The number of aromatic nitrogens is 1. The van der Waals surface area contributed by atoms with Crippen molar-refractivity contribution >= 4 is 55.3 Å². The highest BCUT2D eigenvalue weighted by Gasteiger charge is 2.52. The van der Waals surface area contributed by atoms with Crippen LogP contribution in [0.3, 0.4) is 0 Å². The maximum absolute atomic E-state index is 6.72. The molecule has 1 unspecified atom stereocenters. The summed E-state index contributed by atoms with van der Waals surface area (Å²) in [4.78, 5) is 5.55. The maximum atomic E-state index is 6.72. The standard InChI is InChI=1S/C67H45N3O/c1-2-46-63(41-19-6-3-7-20-41)68-66(42-21-8-4-9-22-42)69-64(46)51-28-18-32-60-61(51)53-40-44(34-38-59(53)71-60)43-33-37-58-52(39-43)49-35-36-57-62(65(49)70(58)45-23-10-5-11-24-45)50-27-14-17-31-56(50)67(57)54-29-15-12-25-47(54)48-26-13-16-30-55(48)67/h3-40,64H,2H2,1H3,(H,68,69). The summed E-state index contributed by atoms with van der Waals surface area (Å²) in [5, 5.41) is 8.42. The summed E-state index contributed by atoms with van der Waals surface area (Å²) in [6.07, 6.45) is 0.831. The van der Waals surface area contributed by atoms with Crippen LogP contribution >= 0.6 is 0 Å². The molecule has 0 saturated carbocycles. The lowest BCUT2D eigenvalue weighted by molar-refractivity contribution is 0.668. The molecule has 3 heterocycles. The molecular formula is C67H45N3O. The van der Waals surface area contributed by atoms with Gasteiger partial charge in [-0.1, -0.05) is 195 Å². The van der Waals surface area contributed by atoms with E-state index in [2.05, 4.69) is 247 Å². The molecule has 0 fully saturated rings. The molecule has 334 valence electrons. The van der Waals surface area contributed by atoms with Crippen molar-refractivity contribution in [2.75, 3.05) is 0 Å². The second kappa shape index (κ2) is 15.3. The van der Waals surface area contributed by atoms with Crippen LogP contribution in [0.5, 0.6) is 0 Å². The van der Waals surface area contributed by atoms with E-state index in [4.69, 9.17) is 9.41 Å². The van der Waals surface area contributed by atoms with Gasteiger partial charge >= 0.3 is 0 Å². The predicted molar refractivity (Wildman–Crippen MR) is 292 cm³/mol. The molecule has 1 aliphatic heterocycles. The van der Waals surface area contributed by atoms with E-state index in [-0.39, 0.29) is 6.04 Å². The van der Waals surface area contributed by atoms with E-state index in [1.54, 1.807) is 0 Å². The van der Waals surface area contributed by atoms with E-state index in [1.807, 2.05) is 0 Å². The van der Waals surface area contributed by atoms with Crippen molar-refractivity contribution < 1.29 is 4.42 Å². The Bertz CT molecular complexity index is 4190. The highest BCUT2D eigenvalue weighted by Crippen LogP contribution is 2.64. The average molecular weight is 908 g/mol. The second-order valence-corrected chi connectivity index (χ2v) is 19.2. The third-order valence-corrected chi connectivity index (χ3v) is 15.7. The van der Waals surface area contributed by atoms with Crippen LogP contribution in [0.1, 0.15) is 58.3 Å². The molecule has 0 saturated heterocycles. The molecular weight excluding hydrogens is 863 g/mol. The fourth-order valence-corrected chi connectivity index (χ4v) is 12.8. The first kappa shape index (κ1) is 40.0. The highest BCUT2D eigenvalue weighted by molar-refractivity contribution is 6.18. The van der Waals surface area contributed by atoms with Crippen molar-refractivity contribution in [3.63, 3.8) is 0 Å². The van der Waals surface area contributed by atoms with Gasteiger partial charge in [-0.25, -0.2) is 0 Å². The number of hydrogen-bond acceptors (Lipinski definition) is 3. The minimum Gasteiger partial charge on any atom is -0.456 e. The molecule has 0 amide bonds. The molecule has 1 N–H and O–H groups in total. The quantitative estimate of drug-likeness (QED) is 0.181. The largest absolute Gasteiger partial charge is 0.456 e. The van der Waals surface area contributed by atoms with Gasteiger partial charge in [0.2, 0.25) is 0 Å². The van der Waals surface area contributed by atoms with Gasteiger partial charge in [0.1, 0.15) is 23.0 Å². The summed E-state index contributed by atoms with van der Waals surface area (Å²) in [7, 11) is 0. The van der Waals surface area contributed by atoms with Gasteiger partial charge < -0.3 is 14.3 Å². The van der Waals surface area contributed by atoms with Gasteiger partial charge in [-0.3, -0.25) is 4.99 Å². The number of para-hydroxylation sites is 1. The molecule has 2 aromatic heterocycles. The molecule has 71 heavy (non-hydrogen) atoms. The summed E-state index contributed by atoms with van der Waals surface area (Å²) in [5.74, 6) is 0.863. The van der Waals surface area contributed by atoms with E-state index in [0.717, 1.165) is 73.4 Å². The Hall–Kier alpha value is -8.99. The first-order chi connectivity index (χ1) is 35.2. The molecule has 2 aliphatic carbocycles. The van der Waals surface area contributed by atoms with Gasteiger partial charge in [0.05, 0.1) is 16.4 Å². The summed E-state index contributed by atoms with van der Waals surface area (Å²) in [6.45, 7) is 2.24. The number of hydrogen-bond donors (Lipinski definition) is 1. The van der Waals surface area contributed by atoms with Crippen LogP contribution in [0.15, 0.2) is 246 Å². The van der Waals surface area contributed by atoms with Crippen LogP contribution in [0.25, 0.3) is 88.5 Å². The smallest absolute Gasteiger partial charge is 0.135 e. The highest BCUT2D eigenvalue weighted by atomic mass is 16.3. The number of aliphatic imine (C=N–C) groups is 1. The van der Waals surface area contributed by atoms with E-state index in [0.29, 0.717) is 0 Å². The lowest BCUT2D eigenvalue weighted by Crippen LogP contribution is -2.30. The predicted octanol–water partition coefficient (Wildman–Crippen LogP) is 16.6. The van der Waals surface area contributed by atoms with Crippen molar-refractivity contribution in [1.82, 2.24) is 9.88 Å². The second-order valence-electron chi connectivity index (χ2n) is 19.2. The number of furan rings is 1. The molecule has 12 aromatic rings. The van der Waals surface area contributed by atoms with Crippen LogP contribution in [-0.2, 0) is 5.41 Å². The van der Waals surface area contributed by atoms with Crippen molar-refractivity contribution in [2.45, 2.75) is 24.8 Å². The molecule has 15 rings (SSSR count). The fraction of sp³-hybridized carbons (Fsp3) is 0.0597. The summed E-state index contributed by atoms with van der Waals surface area (Å²) < 4.78 is 9.23. The molecule has 0 bridgehead atoms. The molecule has 4 nitrogen and oxygen atoms in total. The number of rotatable bonds is 6. The Labute approximate surface area is 411 Å². The van der Waals surface area contributed by atoms with Crippen molar-refractivity contribution in [3.05, 3.63) is 275 Å². The van der Waals surface area contributed by atoms with Crippen molar-refractivity contribution in [3.8, 4) is 39.1 Å². The first-order valence-electron chi connectivity index (χ1n) is 24.8. The number of amidine groups is 1. The third-order valence-electron chi connectivity index (χ3n) is 15.7. The zero-order valence-electron chi connectivity index (χ0n) is 39.0. The SMILES string of the molecule is CCC1=C(c2ccccc2)NC(c2ccccc2)=NC1c1cccc2oc3ccc(-c4ccc5c(c4)c4ccc6c(c4n5-c4ccccc4)-c4ccccc4C64c5ccccc5-c5ccccc54)cc3c12. The fourth-order valence-electron chi connectivity index (χ4n) is 12.8. The topological polar surface area (TPSA) is 42.5 Å². The normalized spacial score (nSPS) is 15.3. The number of fused-ring (bicyclic) bond motifs is 17. The Morgan fingerprint density at radius 3 is 1.80 bits per heavy atom. The van der Waals surface area contributed by atoms with Crippen LogP contribution < -0.4 is 5.32 Å². The average Bonchev–Trinajstić information content (AvgIpc) is 4.17. The Morgan fingerprint density at radius 2 is 1.10 bits per heavy atom. The van der Waals surface area contributed by atoms with Gasteiger partial charge in [0.15, 0.2) is 0 Å². The van der Waals surface area contributed by atoms with E-state index in [9.17, 15) is 0 Å². The van der Waals surface area contributed by atoms with E-state index in [1.165, 1.54) is 71.9 Å². The number of nitrogens with one attached hydrogen (secondary N) is 1. The minimum absolute atomic E-state index is 0.225. The molecule has 4 heteroatoms. The van der Waals surface area contributed by atoms with Crippen molar-refractivity contribution in [2.24, 2.45) is 4.99 Å². The minimum atomic E-state index is -0.433. The monoisotopic (exact) mass is 907 g/mol. The third kappa shape index (κ3) is 5.59. The molecule has 1 atom stereocenters. The summed E-state index contributed by atoms with van der Waals surface area (Å²) in [5.41, 5.74) is 23.4. The zero-order chi connectivity index (χ0) is 46.8. The summed E-state index contributed by atoms with van der Waals surface area (Å²) >= 11 is 0. The van der Waals surface area contributed by atoms with Gasteiger partial charge in [0, 0.05) is 44.1 Å². The van der Waals surface area contributed by atoms with Crippen molar-refractivity contribution in [1.29, 1.82) is 0 Å². The number of benzene rings is 10. The zero-order valence-corrected chi connectivity index (χ0v) is 39.0. The molecule has 1 spiro atoms. The Kier molecular flexibility index (Phi) is 8.58. The molecule has 3 aliphatic rings. The van der Waals surface area contributed by atoms with Crippen LogP contribution in [0, 0.1) is 0 Å². The number of nitrogens with zero attached hydrogens (tertiary/aromatic N) is 2. The Balaban J connectivity index is 0.945. The van der Waals surface area contributed by atoms with Crippen LogP contribution in [0.4, 0.5) is 0 Å². The summed E-state index contributed by atoms with van der Waals surface area (Å²) in [6, 6.07) is 84.2. The first-order valence-corrected chi connectivity index (χ1v) is 24.8. The maximum Gasteiger partial charge on any atom is 0.135 e. The van der Waals surface area contributed by atoms with Gasteiger partial charge in [0.25, 0.3) is 0 Å². The lowest BCUT2D eigenvalue weighted by atomic mass is 9.70. The molecule has 10 aromatic carbocycles. The van der Waals surface area contributed by atoms with Crippen LogP contribution in [-0.4, -0.2) is 10.4 Å². The lowest BCUT2D eigenvalue weighted by Gasteiger charge is -2.30. The van der Waals surface area contributed by atoms with Gasteiger partial charge in [-0.15, -0.1) is 0 Å². The molecule has 0 radical (unpaired) electrons. The Morgan fingerprint density at radius 1 is 0.493 bits per heavy atom. The van der Waals surface area contributed by atoms with E-state index >= 15 is 0 Å².